The summed E-state index contributed by atoms with van der Waals surface area (Å²) in [6, 6.07) is 5.41. The van der Waals surface area contributed by atoms with Crippen molar-refractivity contribution in [2.24, 2.45) is 0 Å². The topological polar surface area (TPSA) is 60.5 Å². The van der Waals surface area contributed by atoms with E-state index in [0.29, 0.717) is 34.3 Å². The standard InChI is InChI=1S/C19H20Cl2N2O3/c1-4-25-17-7-12-6-11(3)26-16(12)9-15(17)23-18(24)8-13-14(20)5-10(2)22-19(13)21/h5,7,9,11H,4,6,8H2,1-3H3,(H,23,24). The number of carbonyl (C=O) groups excluding carboxylic acids is 1. The molecular weight excluding hydrogens is 375 g/mol. The van der Waals surface area contributed by atoms with E-state index >= 15 is 0 Å². The molecular formula is C19H20Cl2N2O3. The lowest BCUT2D eigenvalue weighted by Gasteiger charge is -2.14. The summed E-state index contributed by atoms with van der Waals surface area (Å²) in [6.07, 6.45) is 0.955. The lowest BCUT2D eigenvalue weighted by molar-refractivity contribution is -0.115. The molecule has 1 atom stereocenters. The minimum atomic E-state index is -0.258. The zero-order valence-corrected chi connectivity index (χ0v) is 16.4. The van der Waals surface area contributed by atoms with Crippen LogP contribution in [0.15, 0.2) is 18.2 Å². The number of aromatic nitrogens is 1. The molecule has 2 aromatic rings. The number of nitrogens with zero attached hydrogens (tertiary/aromatic N) is 1. The van der Waals surface area contributed by atoms with Crippen molar-refractivity contribution in [3.05, 3.63) is 45.2 Å². The van der Waals surface area contributed by atoms with Crippen LogP contribution in [0.5, 0.6) is 11.5 Å². The Hall–Kier alpha value is -1.98. The van der Waals surface area contributed by atoms with Crippen molar-refractivity contribution in [2.45, 2.75) is 39.7 Å². The highest BCUT2D eigenvalue weighted by Crippen LogP contribution is 2.38. The Bertz CT molecular complexity index is 832. The summed E-state index contributed by atoms with van der Waals surface area (Å²) in [5.74, 6) is 1.13. The summed E-state index contributed by atoms with van der Waals surface area (Å²) in [4.78, 5) is 16.7. The zero-order valence-electron chi connectivity index (χ0n) is 14.9. The summed E-state index contributed by atoms with van der Waals surface area (Å²) < 4.78 is 11.4. The van der Waals surface area contributed by atoms with Gasteiger partial charge in [0.25, 0.3) is 0 Å². The molecule has 1 aromatic carbocycles. The molecule has 1 unspecified atom stereocenters. The number of pyridine rings is 1. The van der Waals surface area contributed by atoms with Gasteiger partial charge in [-0.1, -0.05) is 23.2 Å². The molecule has 0 saturated carbocycles. The second-order valence-electron chi connectivity index (χ2n) is 6.26. The van der Waals surface area contributed by atoms with Crippen LogP contribution in [0.1, 0.15) is 30.7 Å². The van der Waals surface area contributed by atoms with Crippen molar-refractivity contribution >= 4 is 34.8 Å². The fourth-order valence-electron chi connectivity index (χ4n) is 2.95. The SMILES string of the molecule is CCOc1cc2c(cc1NC(=O)Cc1c(Cl)cc(C)nc1Cl)OC(C)C2. The van der Waals surface area contributed by atoms with Crippen LogP contribution in [0.2, 0.25) is 10.2 Å². The molecule has 0 aliphatic carbocycles. The quantitative estimate of drug-likeness (QED) is 0.752. The first-order chi connectivity index (χ1) is 12.4. The van der Waals surface area contributed by atoms with E-state index in [1.165, 1.54) is 0 Å². The molecule has 5 nitrogen and oxygen atoms in total. The van der Waals surface area contributed by atoms with Gasteiger partial charge in [0.15, 0.2) is 0 Å². The van der Waals surface area contributed by atoms with Crippen molar-refractivity contribution in [3.63, 3.8) is 0 Å². The van der Waals surface area contributed by atoms with Crippen LogP contribution in [0.25, 0.3) is 0 Å². The maximum absolute atomic E-state index is 12.5. The highest BCUT2D eigenvalue weighted by molar-refractivity contribution is 6.35. The van der Waals surface area contributed by atoms with Crippen LogP contribution >= 0.6 is 23.2 Å². The Kier molecular flexibility index (Phi) is 5.58. The van der Waals surface area contributed by atoms with E-state index in [9.17, 15) is 4.79 Å². The Morgan fingerprint density at radius 2 is 2.15 bits per heavy atom. The zero-order chi connectivity index (χ0) is 18.8. The van der Waals surface area contributed by atoms with E-state index in [2.05, 4.69) is 10.3 Å². The van der Waals surface area contributed by atoms with E-state index in [1.807, 2.05) is 19.9 Å². The molecule has 1 N–H and O–H groups in total. The fourth-order valence-corrected chi connectivity index (χ4v) is 3.61. The second-order valence-corrected chi connectivity index (χ2v) is 7.03. The van der Waals surface area contributed by atoms with E-state index in [0.717, 1.165) is 17.7 Å². The number of halogens is 2. The Morgan fingerprint density at radius 3 is 2.85 bits per heavy atom. The van der Waals surface area contributed by atoms with Gasteiger partial charge in [-0.2, -0.15) is 0 Å². The molecule has 1 aliphatic rings. The average Bonchev–Trinajstić information content (AvgIpc) is 2.90. The predicted octanol–water partition coefficient (Wildman–Crippen LogP) is 4.60. The van der Waals surface area contributed by atoms with Crippen LogP contribution < -0.4 is 14.8 Å². The second kappa shape index (κ2) is 7.72. The van der Waals surface area contributed by atoms with E-state index < -0.39 is 0 Å². The van der Waals surface area contributed by atoms with Gasteiger partial charge in [-0.25, -0.2) is 4.98 Å². The number of aryl methyl sites for hydroxylation is 1. The van der Waals surface area contributed by atoms with E-state index in [-0.39, 0.29) is 23.6 Å². The van der Waals surface area contributed by atoms with Gasteiger partial charge >= 0.3 is 0 Å². The maximum atomic E-state index is 12.5. The number of carbonyl (C=O) groups is 1. The van der Waals surface area contributed by atoms with Gasteiger partial charge in [0, 0.05) is 34.3 Å². The molecule has 7 heteroatoms. The molecule has 26 heavy (non-hydrogen) atoms. The molecule has 0 bridgehead atoms. The van der Waals surface area contributed by atoms with Gasteiger partial charge in [-0.3, -0.25) is 4.79 Å². The van der Waals surface area contributed by atoms with Crippen molar-refractivity contribution in [2.75, 3.05) is 11.9 Å². The van der Waals surface area contributed by atoms with Gasteiger partial charge in [0.05, 0.1) is 18.7 Å². The number of anilines is 1. The summed E-state index contributed by atoms with van der Waals surface area (Å²) in [5, 5.41) is 3.53. The molecule has 1 aliphatic heterocycles. The first-order valence-corrected chi connectivity index (χ1v) is 9.20. The minimum absolute atomic E-state index is 0.0187. The number of nitrogens with one attached hydrogen (secondary N) is 1. The molecule has 2 heterocycles. The first-order valence-electron chi connectivity index (χ1n) is 8.45. The van der Waals surface area contributed by atoms with Gasteiger partial charge < -0.3 is 14.8 Å². The highest BCUT2D eigenvalue weighted by Gasteiger charge is 2.23. The fraction of sp³-hybridized carbons (Fsp3) is 0.368. The van der Waals surface area contributed by atoms with Gasteiger partial charge in [-0.05, 0) is 32.9 Å². The third-order valence-corrected chi connectivity index (χ3v) is 4.71. The number of ether oxygens (including phenoxy) is 2. The Labute approximate surface area is 162 Å². The summed E-state index contributed by atoms with van der Waals surface area (Å²) in [5.41, 5.74) is 2.85. The Balaban J connectivity index is 1.82. The number of benzene rings is 1. The molecule has 1 amide bonds. The monoisotopic (exact) mass is 394 g/mol. The average molecular weight is 395 g/mol. The first kappa shape index (κ1) is 18.8. The van der Waals surface area contributed by atoms with Gasteiger partial charge in [0.2, 0.25) is 5.91 Å². The maximum Gasteiger partial charge on any atom is 0.229 e. The van der Waals surface area contributed by atoms with Crippen molar-refractivity contribution in [1.82, 2.24) is 4.98 Å². The highest BCUT2D eigenvalue weighted by atomic mass is 35.5. The number of amides is 1. The van der Waals surface area contributed by atoms with Crippen molar-refractivity contribution in [1.29, 1.82) is 0 Å². The molecule has 1 aromatic heterocycles. The third-order valence-electron chi connectivity index (χ3n) is 4.06. The van der Waals surface area contributed by atoms with Crippen molar-refractivity contribution < 1.29 is 14.3 Å². The summed E-state index contributed by atoms with van der Waals surface area (Å²) in [6.45, 7) is 6.20. The molecule has 0 radical (unpaired) electrons. The summed E-state index contributed by atoms with van der Waals surface area (Å²) >= 11 is 12.3. The molecule has 138 valence electrons. The van der Waals surface area contributed by atoms with E-state index in [4.69, 9.17) is 32.7 Å². The molecule has 0 fully saturated rings. The molecule has 0 spiro atoms. The smallest absolute Gasteiger partial charge is 0.229 e. The normalized spacial score (nSPS) is 15.3. The number of hydrogen-bond acceptors (Lipinski definition) is 4. The molecule has 0 saturated heterocycles. The van der Waals surface area contributed by atoms with Gasteiger partial charge in [0.1, 0.15) is 22.8 Å². The number of hydrogen-bond donors (Lipinski definition) is 1. The van der Waals surface area contributed by atoms with E-state index in [1.54, 1.807) is 19.1 Å². The van der Waals surface area contributed by atoms with Crippen LogP contribution in [-0.2, 0) is 17.6 Å². The lowest BCUT2D eigenvalue weighted by Crippen LogP contribution is -2.16. The molecule has 3 rings (SSSR count). The Morgan fingerprint density at radius 1 is 1.38 bits per heavy atom. The van der Waals surface area contributed by atoms with Crippen LogP contribution in [0.3, 0.4) is 0 Å². The number of fused-ring (bicyclic) bond motifs is 1. The van der Waals surface area contributed by atoms with Crippen molar-refractivity contribution in [3.8, 4) is 11.5 Å². The minimum Gasteiger partial charge on any atom is -0.492 e. The largest absolute Gasteiger partial charge is 0.492 e. The lowest BCUT2D eigenvalue weighted by atomic mass is 10.1. The predicted molar refractivity (Wildman–Crippen MR) is 103 cm³/mol. The van der Waals surface area contributed by atoms with Crippen LogP contribution in [0.4, 0.5) is 5.69 Å². The van der Waals surface area contributed by atoms with Crippen LogP contribution in [-0.4, -0.2) is 23.6 Å². The van der Waals surface area contributed by atoms with Gasteiger partial charge in [-0.15, -0.1) is 0 Å². The number of rotatable bonds is 5. The summed E-state index contributed by atoms with van der Waals surface area (Å²) in [7, 11) is 0. The third kappa shape index (κ3) is 4.05. The van der Waals surface area contributed by atoms with Crippen LogP contribution in [0, 0.1) is 6.92 Å².